The first-order chi connectivity index (χ1) is 15.8. The largest absolute Gasteiger partial charge is 0.493 e. The first kappa shape index (κ1) is 23.8. The van der Waals surface area contributed by atoms with E-state index in [4.69, 9.17) is 9.47 Å². The molecule has 0 spiro atoms. The van der Waals surface area contributed by atoms with Crippen molar-refractivity contribution >= 4 is 27.8 Å². The Balaban J connectivity index is 1.69. The van der Waals surface area contributed by atoms with Crippen molar-refractivity contribution < 1.29 is 22.7 Å². The Morgan fingerprint density at radius 1 is 0.970 bits per heavy atom. The van der Waals surface area contributed by atoms with Crippen molar-refractivity contribution in [2.24, 2.45) is 5.10 Å². The van der Waals surface area contributed by atoms with E-state index in [9.17, 15) is 13.2 Å². The zero-order chi connectivity index (χ0) is 23.8. The molecule has 33 heavy (non-hydrogen) atoms. The first-order valence-electron chi connectivity index (χ1n) is 9.99. The normalized spacial score (nSPS) is 11.2. The van der Waals surface area contributed by atoms with Crippen molar-refractivity contribution in [3.05, 3.63) is 89.5 Å². The van der Waals surface area contributed by atoms with E-state index in [-0.39, 0.29) is 6.54 Å². The van der Waals surface area contributed by atoms with Crippen molar-refractivity contribution in [3.8, 4) is 11.5 Å². The standard InChI is InChI=1S/C24H25N3O5S/c1-31-22-14-9-19(15-23(22)32-2)16-25-26-24(28)20-10-12-21(13-11-20)27(33(3,29)30)17-18-7-5-4-6-8-18/h4-16H,17H2,1-3H3,(H,26,28)/b25-16+. The van der Waals surface area contributed by atoms with Crippen LogP contribution in [0.1, 0.15) is 21.5 Å². The molecule has 1 amide bonds. The number of hydrogen-bond donors (Lipinski definition) is 1. The second-order valence-corrected chi connectivity index (χ2v) is 9.02. The van der Waals surface area contributed by atoms with Gasteiger partial charge >= 0.3 is 0 Å². The molecule has 1 N–H and O–H groups in total. The van der Waals surface area contributed by atoms with Crippen LogP contribution in [-0.2, 0) is 16.6 Å². The lowest BCUT2D eigenvalue weighted by molar-refractivity contribution is 0.0955. The first-order valence-corrected chi connectivity index (χ1v) is 11.8. The van der Waals surface area contributed by atoms with E-state index in [0.717, 1.165) is 11.8 Å². The van der Waals surface area contributed by atoms with Crippen LogP contribution < -0.4 is 19.2 Å². The number of nitrogens with zero attached hydrogens (tertiary/aromatic N) is 2. The van der Waals surface area contributed by atoms with Crippen LogP contribution in [0.15, 0.2) is 77.9 Å². The fraction of sp³-hybridized carbons (Fsp3) is 0.167. The summed E-state index contributed by atoms with van der Waals surface area (Å²) in [4.78, 5) is 12.4. The molecule has 0 heterocycles. The van der Waals surface area contributed by atoms with Gasteiger partial charge in [0, 0.05) is 5.56 Å². The molecule has 0 aromatic heterocycles. The molecule has 9 heteroatoms. The number of ether oxygens (including phenoxy) is 2. The Morgan fingerprint density at radius 2 is 1.64 bits per heavy atom. The Kier molecular flexibility index (Phi) is 7.68. The van der Waals surface area contributed by atoms with Crippen LogP contribution in [0.5, 0.6) is 11.5 Å². The number of benzene rings is 3. The molecule has 0 unspecified atom stereocenters. The van der Waals surface area contributed by atoms with Crippen molar-refractivity contribution in [1.82, 2.24) is 5.43 Å². The Hall–Kier alpha value is -3.85. The monoisotopic (exact) mass is 467 g/mol. The Labute approximate surface area is 193 Å². The minimum Gasteiger partial charge on any atom is -0.493 e. The number of anilines is 1. The number of sulfonamides is 1. The average molecular weight is 468 g/mol. The van der Waals surface area contributed by atoms with E-state index < -0.39 is 15.9 Å². The van der Waals surface area contributed by atoms with Gasteiger partial charge in [0.25, 0.3) is 5.91 Å². The second kappa shape index (κ2) is 10.6. The van der Waals surface area contributed by atoms with Gasteiger partial charge in [0.15, 0.2) is 11.5 Å². The smallest absolute Gasteiger partial charge is 0.271 e. The lowest BCUT2D eigenvalue weighted by Crippen LogP contribution is -2.29. The maximum Gasteiger partial charge on any atom is 0.271 e. The maximum atomic E-state index is 12.4. The predicted molar refractivity (Wildman–Crippen MR) is 129 cm³/mol. The Morgan fingerprint density at radius 3 is 2.24 bits per heavy atom. The maximum absolute atomic E-state index is 12.4. The van der Waals surface area contributed by atoms with Crippen LogP contribution >= 0.6 is 0 Å². The quantitative estimate of drug-likeness (QED) is 0.384. The van der Waals surface area contributed by atoms with Gasteiger partial charge < -0.3 is 9.47 Å². The minimum absolute atomic E-state index is 0.195. The van der Waals surface area contributed by atoms with E-state index >= 15 is 0 Å². The highest BCUT2D eigenvalue weighted by atomic mass is 32.2. The zero-order valence-corrected chi connectivity index (χ0v) is 19.4. The number of nitrogens with one attached hydrogen (secondary N) is 1. The SMILES string of the molecule is COc1ccc(/C=N/NC(=O)c2ccc(N(Cc3ccccc3)S(C)(=O)=O)cc2)cc1OC. The third-order valence-corrected chi connectivity index (χ3v) is 5.91. The van der Waals surface area contributed by atoms with E-state index in [1.807, 2.05) is 30.3 Å². The topological polar surface area (TPSA) is 97.3 Å². The molecule has 0 fully saturated rings. The molecule has 3 aromatic carbocycles. The van der Waals surface area contributed by atoms with Crippen LogP contribution in [0.25, 0.3) is 0 Å². The van der Waals surface area contributed by atoms with Crippen LogP contribution in [0.4, 0.5) is 5.69 Å². The highest BCUT2D eigenvalue weighted by Crippen LogP contribution is 2.27. The molecule has 172 valence electrons. The van der Waals surface area contributed by atoms with Gasteiger partial charge in [-0.2, -0.15) is 5.10 Å². The molecule has 8 nitrogen and oxygen atoms in total. The number of amides is 1. The Bertz CT molecular complexity index is 1230. The molecule has 0 radical (unpaired) electrons. The summed E-state index contributed by atoms with van der Waals surface area (Å²) in [7, 11) is -0.429. The van der Waals surface area contributed by atoms with Crippen LogP contribution in [0, 0.1) is 0 Å². The summed E-state index contributed by atoms with van der Waals surface area (Å²) >= 11 is 0. The summed E-state index contributed by atoms with van der Waals surface area (Å²) in [5, 5.41) is 3.97. The van der Waals surface area contributed by atoms with Crippen molar-refractivity contribution in [3.63, 3.8) is 0 Å². The van der Waals surface area contributed by atoms with Crippen molar-refractivity contribution in [2.75, 3.05) is 24.8 Å². The summed E-state index contributed by atoms with van der Waals surface area (Å²) in [6.45, 7) is 0.195. The third-order valence-electron chi connectivity index (χ3n) is 4.77. The molecule has 0 aliphatic rings. The highest BCUT2D eigenvalue weighted by Gasteiger charge is 2.18. The number of carbonyl (C=O) groups is 1. The molecular weight excluding hydrogens is 442 g/mol. The van der Waals surface area contributed by atoms with Gasteiger partial charge in [-0.05, 0) is 53.6 Å². The molecule has 0 aliphatic carbocycles. The van der Waals surface area contributed by atoms with Crippen molar-refractivity contribution in [2.45, 2.75) is 6.54 Å². The van der Waals surface area contributed by atoms with Gasteiger partial charge in [-0.15, -0.1) is 0 Å². The molecule has 0 atom stereocenters. The van der Waals surface area contributed by atoms with Crippen molar-refractivity contribution in [1.29, 1.82) is 0 Å². The fourth-order valence-corrected chi connectivity index (χ4v) is 3.98. The number of methoxy groups -OCH3 is 2. The summed E-state index contributed by atoms with van der Waals surface area (Å²) in [6.07, 6.45) is 2.64. The van der Waals surface area contributed by atoms with Crippen LogP contribution in [0.3, 0.4) is 0 Å². The van der Waals surface area contributed by atoms with Gasteiger partial charge in [-0.1, -0.05) is 30.3 Å². The lowest BCUT2D eigenvalue weighted by atomic mass is 10.2. The number of hydrazone groups is 1. The molecule has 0 saturated carbocycles. The van der Waals surface area contributed by atoms with Gasteiger partial charge in [-0.3, -0.25) is 9.10 Å². The van der Waals surface area contributed by atoms with Gasteiger partial charge in [0.1, 0.15) is 0 Å². The van der Waals surface area contributed by atoms with E-state index in [1.165, 1.54) is 17.6 Å². The minimum atomic E-state index is -3.51. The molecule has 0 aliphatic heterocycles. The van der Waals surface area contributed by atoms with E-state index in [1.54, 1.807) is 49.6 Å². The van der Waals surface area contributed by atoms with E-state index in [2.05, 4.69) is 10.5 Å². The number of rotatable bonds is 9. The molecule has 3 rings (SSSR count). The molecule has 3 aromatic rings. The number of carbonyl (C=O) groups excluding carboxylic acids is 1. The predicted octanol–water partition coefficient (Wildman–Crippen LogP) is 3.43. The summed E-state index contributed by atoms with van der Waals surface area (Å²) < 4.78 is 36.4. The van der Waals surface area contributed by atoms with Gasteiger partial charge in [0.05, 0.1) is 38.9 Å². The van der Waals surface area contributed by atoms with Crippen LogP contribution in [0.2, 0.25) is 0 Å². The van der Waals surface area contributed by atoms with E-state index in [0.29, 0.717) is 28.3 Å². The molecule has 0 bridgehead atoms. The molecule has 0 saturated heterocycles. The summed E-state index contributed by atoms with van der Waals surface area (Å²) in [5.41, 5.74) is 4.84. The number of hydrogen-bond acceptors (Lipinski definition) is 6. The zero-order valence-electron chi connectivity index (χ0n) is 18.6. The summed E-state index contributed by atoms with van der Waals surface area (Å²) in [6, 6.07) is 20.8. The van der Waals surface area contributed by atoms with Gasteiger partial charge in [0.2, 0.25) is 10.0 Å². The van der Waals surface area contributed by atoms with Gasteiger partial charge in [-0.25, -0.2) is 13.8 Å². The highest BCUT2D eigenvalue weighted by molar-refractivity contribution is 7.92. The third kappa shape index (κ3) is 6.33. The lowest BCUT2D eigenvalue weighted by Gasteiger charge is -2.22. The average Bonchev–Trinajstić information content (AvgIpc) is 2.82. The second-order valence-electron chi connectivity index (χ2n) is 7.12. The fourth-order valence-electron chi connectivity index (χ4n) is 3.09. The van der Waals surface area contributed by atoms with Crippen LogP contribution in [-0.4, -0.2) is 41.0 Å². The summed E-state index contributed by atoms with van der Waals surface area (Å²) in [5.74, 6) is 0.718. The molecular formula is C24H25N3O5S.